The molecule has 0 saturated carbocycles. The molecule has 4 aliphatic carbocycles. The number of rotatable bonds is 0. The Morgan fingerprint density at radius 3 is 0.468 bits per heavy atom. The first-order chi connectivity index (χ1) is 26.3. The average molecular weight is 1080 g/mol. The van der Waals surface area contributed by atoms with Crippen molar-refractivity contribution < 1.29 is 71.5 Å². The minimum Gasteiger partial charge on any atom is -1.00 e. The Morgan fingerprint density at radius 2 is 0.419 bits per heavy atom. The van der Waals surface area contributed by atoms with Crippen LogP contribution in [-0.4, -0.2) is 10.9 Å². The Hall–Kier alpha value is 0.700. The molecular weight excluding hydrogens is 982 g/mol. The minimum atomic E-state index is 0. The fourth-order valence-corrected chi connectivity index (χ4v) is 5.72. The van der Waals surface area contributed by atoms with Crippen molar-refractivity contribution in [1.29, 1.82) is 0 Å². The molecule has 0 fully saturated rings. The molecule has 0 heterocycles. The molecule has 0 aromatic rings. The Labute approximate surface area is 432 Å². The molecule has 0 aromatic heterocycles. The predicted octanol–water partition coefficient (Wildman–Crippen LogP) is 12.1. The smallest absolute Gasteiger partial charge is 1.00 e. The SMILES string of the molecule is CC(C)(C)C1=[C-]CC(C(C)(C)C)=C1.CC(C)(C)C1=[C-]CC(C(C)(C)C)=C1.CC(C)(C)C1=[C-]CC(C(C)(C)C)=C1.CC(C)(C)C1=[C-]CC(C(C)(C)C)=C1.C[Si](C)=[Zr+2].C[Si](C)=[Zr+2].[Cl-].[Cl-]. The molecule has 0 spiro atoms. The molecule has 0 unspecified atom stereocenters. The molecule has 0 nitrogen and oxygen atoms in total. The molecule has 0 aromatic carbocycles. The number of allylic oxidation sites excluding steroid dienone is 16. The molecule has 0 aliphatic heterocycles. The van der Waals surface area contributed by atoms with Gasteiger partial charge in [-0.25, -0.2) is 46.6 Å². The zero-order valence-electron chi connectivity index (χ0n) is 45.9. The Morgan fingerprint density at radius 1 is 0.306 bits per heavy atom. The van der Waals surface area contributed by atoms with Crippen LogP contribution >= 0.6 is 0 Å². The van der Waals surface area contributed by atoms with Crippen LogP contribution in [0.1, 0.15) is 192 Å². The van der Waals surface area contributed by atoms with Crippen LogP contribution < -0.4 is 24.8 Å². The molecule has 0 bridgehead atoms. The minimum absolute atomic E-state index is 0. The Bertz CT molecular complexity index is 1450. The molecule has 0 saturated heterocycles. The summed E-state index contributed by atoms with van der Waals surface area (Å²) in [6.07, 6.45) is 27.3. The van der Waals surface area contributed by atoms with E-state index in [0.29, 0.717) is 21.7 Å². The fraction of sp³-hybridized carbons (Fsp3) is 0.714. The van der Waals surface area contributed by atoms with Crippen molar-refractivity contribution in [2.45, 2.75) is 218 Å². The normalized spacial score (nSPS) is 16.5. The Kier molecular flexibility index (Phi) is 30.9. The van der Waals surface area contributed by atoms with Gasteiger partial charge in [-0.1, -0.05) is 166 Å². The van der Waals surface area contributed by atoms with E-state index in [1.807, 2.05) is 0 Å². The van der Waals surface area contributed by atoms with E-state index in [9.17, 15) is 0 Å². The fourth-order valence-electron chi connectivity index (χ4n) is 5.72. The summed E-state index contributed by atoms with van der Waals surface area (Å²) in [5.41, 5.74) is 14.2. The molecule has 0 radical (unpaired) electrons. The van der Waals surface area contributed by atoms with Crippen LogP contribution in [0.4, 0.5) is 0 Å². The van der Waals surface area contributed by atoms with E-state index in [2.05, 4.69) is 241 Å². The largest absolute Gasteiger partial charge is 1.00 e. The van der Waals surface area contributed by atoms with Crippen LogP contribution in [0.3, 0.4) is 0 Å². The maximum absolute atomic E-state index is 3.48. The van der Waals surface area contributed by atoms with Gasteiger partial charge >= 0.3 is 83.7 Å². The predicted molar refractivity (Wildman–Crippen MR) is 268 cm³/mol. The van der Waals surface area contributed by atoms with E-state index in [1.165, 1.54) is 44.6 Å². The zero-order chi connectivity index (χ0) is 48.3. The molecule has 0 atom stereocenters. The summed E-state index contributed by atoms with van der Waals surface area (Å²) in [6, 6.07) is 0. The van der Waals surface area contributed by atoms with E-state index in [0.717, 1.165) is 25.7 Å². The van der Waals surface area contributed by atoms with Crippen LogP contribution in [0.2, 0.25) is 26.2 Å². The molecule has 0 N–H and O–H groups in total. The summed E-state index contributed by atoms with van der Waals surface area (Å²) in [4.78, 5) is 0. The maximum Gasteiger partial charge on any atom is -1.00 e. The molecule has 352 valence electrons. The molecule has 4 rings (SSSR count). The Balaban J connectivity index is -0.000000338. The maximum atomic E-state index is 3.48. The third kappa shape index (κ3) is 30.2. The summed E-state index contributed by atoms with van der Waals surface area (Å²) >= 11 is 3.48. The first-order valence-corrected chi connectivity index (χ1v) is 35.0. The monoisotopic (exact) mass is 1070 g/mol. The standard InChI is InChI=1S/4C13H21.2C2H6Si.2ClH.2Zr/c4*1-12(2,3)10-7-8-11(9-10)13(4,5)6;2*1-3-2;;;;/h4*9H,7H2,1-6H3;2*1-2H3;2*1H;;/q4*-1;;;;;2*+2/p-2. The second-order valence-corrected chi connectivity index (χ2v) is 44.5. The third-order valence-electron chi connectivity index (χ3n) is 10.2. The van der Waals surface area contributed by atoms with Crippen LogP contribution in [0, 0.1) is 67.6 Å². The van der Waals surface area contributed by atoms with E-state index in [4.69, 9.17) is 0 Å². The summed E-state index contributed by atoms with van der Waals surface area (Å²) in [5.74, 6) is 0. The van der Waals surface area contributed by atoms with Gasteiger partial charge in [-0.3, -0.25) is 24.3 Å². The van der Waals surface area contributed by atoms with Gasteiger partial charge in [0.05, 0.1) is 0 Å². The molecule has 6 heteroatoms. The summed E-state index contributed by atoms with van der Waals surface area (Å²) in [7, 11) is 0. The van der Waals surface area contributed by atoms with E-state index in [1.54, 1.807) is 46.7 Å². The topological polar surface area (TPSA) is 0 Å². The van der Waals surface area contributed by atoms with Gasteiger partial charge in [0.1, 0.15) is 0 Å². The van der Waals surface area contributed by atoms with Crippen molar-refractivity contribution in [2.75, 3.05) is 0 Å². The second-order valence-electron chi connectivity index (χ2n) is 25.7. The van der Waals surface area contributed by atoms with Crippen LogP contribution in [0.25, 0.3) is 0 Å². The quantitative estimate of drug-likeness (QED) is 0.168. The molecular formula is C56H96Cl2Si2Zr2-2. The van der Waals surface area contributed by atoms with Crippen LogP contribution in [0.5, 0.6) is 0 Å². The van der Waals surface area contributed by atoms with Crippen molar-refractivity contribution in [3.63, 3.8) is 0 Å². The van der Waals surface area contributed by atoms with Crippen molar-refractivity contribution in [3.8, 4) is 0 Å². The number of hydrogen-bond acceptors (Lipinski definition) is 0. The average Bonchev–Trinajstić information content (AvgIpc) is 3.81. The van der Waals surface area contributed by atoms with Gasteiger partial charge in [0.15, 0.2) is 0 Å². The van der Waals surface area contributed by atoms with Gasteiger partial charge in [-0.15, -0.1) is 25.7 Å². The van der Waals surface area contributed by atoms with Gasteiger partial charge in [0.2, 0.25) is 0 Å². The summed E-state index contributed by atoms with van der Waals surface area (Å²) in [6.45, 7) is 63.4. The number of halogens is 2. The summed E-state index contributed by atoms with van der Waals surface area (Å²) < 4.78 is 0. The van der Waals surface area contributed by atoms with E-state index < -0.39 is 0 Å². The second kappa shape index (κ2) is 27.6. The van der Waals surface area contributed by atoms with E-state index in [-0.39, 0.29) is 57.3 Å². The van der Waals surface area contributed by atoms with Crippen LogP contribution in [0.15, 0.2) is 68.9 Å². The number of hydrogen-bond donors (Lipinski definition) is 0. The zero-order valence-corrected chi connectivity index (χ0v) is 54.3. The third-order valence-corrected chi connectivity index (χ3v) is 10.2. The van der Waals surface area contributed by atoms with Gasteiger partial charge < -0.3 is 24.8 Å². The van der Waals surface area contributed by atoms with Gasteiger partial charge in [0.25, 0.3) is 0 Å². The molecule has 62 heavy (non-hydrogen) atoms. The first kappa shape index (κ1) is 69.3. The molecule has 0 amide bonds. The van der Waals surface area contributed by atoms with Crippen LogP contribution in [-0.2, 0) is 46.7 Å². The van der Waals surface area contributed by atoms with Gasteiger partial charge in [0, 0.05) is 0 Å². The first-order valence-electron chi connectivity index (χ1n) is 22.6. The van der Waals surface area contributed by atoms with Crippen molar-refractivity contribution >= 4 is 10.9 Å². The molecule has 4 aliphatic rings. The van der Waals surface area contributed by atoms with Crippen molar-refractivity contribution in [3.05, 3.63) is 93.2 Å². The van der Waals surface area contributed by atoms with Gasteiger partial charge in [-0.2, -0.15) is 22.3 Å². The van der Waals surface area contributed by atoms with E-state index >= 15 is 0 Å². The van der Waals surface area contributed by atoms with Gasteiger partial charge in [-0.05, 0) is 43.3 Å². The summed E-state index contributed by atoms with van der Waals surface area (Å²) in [5, 5.41) is 0. The van der Waals surface area contributed by atoms with Crippen molar-refractivity contribution in [2.24, 2.45) is 43.3 Å². The van der Waals surface area contributed by atoms with Crippen molar-refractivity contribution in [1.82, 2.24) is 0 Å².